The Labute approximate surface area is 125 Å². The second-order valence-electron chi connectivity index (χ2n) is 6.43. The quantitative estimate of drug-likeness (QED) is 0.793. The number of fused-ring (bicyclic) bond motifs is 1. The standard InChI is InChI=1S/C17H23N3O/c1-11(2)19-16(21)18-10-17(8-9-17)15-12(3)20-14-7-5-4-6-13(14)15/h4-7,11,20H,8-10H2,1-3H3,(H2,18,19,21). The summed E-state index contributed by atoms with van der Waals surface area (Å²) in [6.45, 7) is 6.77. The number of aromatic amines is 1. The fourth-order valence-corrected chi connectivity index (χ4v) is 3.19. The Morgan fingerprint density at radius 2 is 2.05 bits per heavy atom. The van der Waals surface area contributed by atoms with Crippen LogP contribution >= 0.6 is 0 Å². The van der Waals surface area contributed by atoms with E-state index in [4.69, 9.17) is 0 Å². The highest BCUT2D eigenvalue weighted by molar-refractivity contribution is 5.86. The fraction of sp³-hybridized carbons (Fsp3) is 0.471. The first-order valence-corrected chi connectivity index (χ1v) is 7.64. The Morgan fingerprint density at radius 3 is 2.71 bits per heavy atom. The smallest absolute Gasteiger partial charge is 0.315 e. The van der Waals surface area contributed by atoms with Crippen molar-refractivity contribution in [1.29, 1.82) is 0 Å². The molecule has 0 aliphatic heterocycles. The van der Waals surface area contributed by atoms with E-state index in [1.165, 1.54) is 22.2 Å². The van der Waals surface area contributed by atoms with Gasteiger partial charge in [0, 0.05) is 34.6 Å². The van der Waals surface area contributed by atoms with Gasteiger partial charge in [-0.25, -0.2) is 4.79 Å². The van der Waals surface area contributed by atoms with Crippen LogP contribution in [0.1, 0.15) is 37.9 Å². The van der Waals surface area contributed by atoms with Crippen molar-refractivity contribution in [3.05, 3.63) is 35.5 Å². The summed E-state index contributed by atoms with van der Waals surface area (Å²) in [7, 11) is 0. The highest BCUT2D eigenvalue weighted by Gasteiger charge is 2.46. The van der Waals surface area contributed by atoms with Crippen LogP contribution in [0.4, 0.5) is 4.79 Å². The van der Waals surface area contributed by atoms with Crippen molar-refractivity contribution in [1.82, 2.24) is 15.6 Å². The van der Waals surface area contributed by atoms with E-state index in [-0.39, 0.29) is 17.5 Å². The molecule has 1 aliphatic carbocycles. The van der Waals surface area contributed by atoms with Crippen molar-refractivity contribution in [3.63, 3.8) is 0 Å². The number of hydrogen-bond acceptors (Lipinski definition) is 1. The molecule has 0 saturated heterocycles. The number of benzene rings is 1. The first-order valence-electron chi connectivity index (χ1n) is 7.64. The lowest BCUT2D eigenvalue weighted by molar-refractivity contribution is 0.237. The van der Waals surface area contributed by atoms with E-state index in [9.17, 15) is 4.79 Å². The number of urea groups is 1. The second-order valence-corrected chi connectivity index (χ2v) is 6.43. The molecule has 21 heavy (non-hydrogen) atoms. The highest BCUT2D eigenvalue weighted by atomic mass is 16.2. The molecule has 3 N–H and O–H groups in total. The third-order valence-corrected chi connectivity index (χ3v) is 4.28. The van der Waals surface area contributed by atoms with Gasteiger partial charge in [0.1, 0.15) is 0 Å². The fourth-order valence-electron chi connectivity index (χ4n) is 3.19. The zero-order valence-corrected chi connectivity index (χ0v) is 12.9. The van der Waals surface area contributed by atoms with Crippen LogP contribution in [0.5, 0.6) is 0 Å². The number of amides is 2. The minimum Gasteiger partial charge on any atom is -0.358 e. The summed E-state index contributed by atoms with van der Waals surface area (Å²) in [5.41, 5.74) is 3.89. The van der Waals surface area contributed by atoms with Crippen molar-refractivity contribution >= 4 is 16.9 Å². The van der Waals surface area contributed by atoms with Gasteiger partial charge in [-0.15, -0.1) is 0 Å². The van der Waals surface area contributed by atoms with Gasteiger partial charge in [-0.1, -0.05) is 18.2 Å². The van der Waals surface area contributed by atoms with Crippen LogP contribution < -0.4 is 10.6 Å². The third kappa shape index (κ3) is 2.62. The Morgan fingerprint density at radius 1 is 1.33 bits per heavy atom. The maximum absolute atomic E-state index is 11.8. The van der Waals surface area contributed by atoms with Gasteiger partial charge in [0.15, 0.2) is 0 Å². The molecule has 3 rings (SSSR count). The summed E-state index contributed by atoms with van der Waals surface area (Å²) in [4.78, 5) is 15.3. The van der Waals surface area contributed by atoms with Crippen molar-refractivity contribution < 1.29 is 4.79 Å². The summed E-state index contributed by atoms with van der Waals surface area (Å²) in [6.07, 6.45) is 2.27. The second kappa shape index (κ2) is 5.10. The maximum Gasteiger partial charge on any atom is 0.315 e. The Hall–Kier alpha value is -1.97. The van der Waals surface area contributed by atoms with Crippen molar-refractivity contribution in [3.8, 4) is 0 Å². The summed E-state index contributed by atoms with van der Waals surface area (Å²) in [5.74, 6) is 0. The normalized spacial score (nSPS) is 16.2. The topological polar surface area (TPSA) is 56.9 Å². The number of carbonyl (C=O) groups excluding carboxylic acids is 1. The molecule has 0 atom stereocenters. The van der Waals surface area contributed by atoms with Gasteiger partial charge in [-0.3, -0.25) is 0 Å². The molecule has 4 heteroatoms. The predicted octanol–water partition coefficient (Wildman–Crippen LogP) is 3.22. The number of H-pyrrole nitrogens is 1. The van der Waals surface area contributed by atoms with Crippen LogP contribution in [0.3, 0.4) is 0 Å². The SMILES string of the molecule is Cc1[nH]c2ccccc2c1C1(CNC(=O)NC(C)C)CC1. The molecule has 0 spiro atoms. The maximum atomic E-state index is 11.8. The summed E-state index contributed by atoms with van der Waals surface area (Å²) in [6, 6.07) is 8.50. The van der Waals surface area contributed by atoms with Gasteiger partial charge in [-0.05, 0) is 45.2 Å². The highest BCUT2D eigenvalue weighted by Crippen LogP contribution is 2.51. The van der Waals surface area contributed by atoms with E-state index in [1.807, 2.05) is 13.8 Å². The van der Waals surface area contributed by atoms with Gasteiger partial charge in [0.25, 0.3) is 0 Å². The first-order chi connectivity index (χ1) is 10.0. The summed E-state index contributed by atoms with van der Waals surface area (Å²) in [5, 5.41) is 7.21. The molecule has 2 aromatic rings. The number of nitrogens with one attached hydrogen (secondary N) is 3. The largest absolute Gasteiger partial charge is 0.358 e. The van der Waals surface area contributed by atoms with Crippen LogP contribution in [0, 0.1) is 6.92 Å². The molecule has 1 fully saturated rings. The first kappa shape index (κ1) is 14.0. The van der Waals surface area contributed by atoms with Crippen molar-refractivity contribution in [2.45, 2.75) is 45.1 Å². The van der Waals surface area contributed by atoms with Crippen LogP contribution in [0.25, 0.3) is 10.9 Å². The lowest BCUT2D eigenvalue weighted by atomic mass is 9.93. The van der Waals surface area contributed by atoms with Gasteiger partial charge >= 0.3 is 6.03 Å². The van der Waals surface area contributed by atoms with Crippen LogP contribution in [-0.4, -0.2) is 23.6 Å². The summed E-state index contributed by atoms with van der Waals surface area (Å²) >= 11 is 0. The average molecular weight is 285 g/mol. The van der Waals surface area contributed by atoms with Crippen LogP contribution in [0.15, 0.2) is 24.3 Å². The molecule has 1 aromatic carbocycles. The summed E-state index contributed by atoms with van der Waals surface area (Å²) < 4.78 is 0. The van der Waals surface area contributed by atoms with E-state index in [0.29, 0.717) is 6.54 Å². The van der Waals surface area contributed by atoms with E-state index in [0.717, 1.165) is 12.8 Å². The zero-order valence-electron chi connectivity index (χ0n) is 12.9. The van der Waals surface area contributed by atoms with Crippen molar-refractivity contribution in [2.24, 2.45) is 0 Å². The molecule has 1 saturated carbocycles. The lowest BCUT2D eigenvalue weighted by Crippen LogP contribution is -2.42. The van der Waals surface area contributed by atoms with E-state index >= 15 is 0 Å². The molecule has 0 radical (unpaired) electrons. The Kier molecular flexibility index (Phi) is 3.40. The number of rotatable bonds is 4. The van der Waals surface area contributed by atoms with Crippen molar-refractivity contribution in [2.75, 3.05) is 6.54 Å². The zero-order chi connectivity index (χ0) is 15.0. The van der Waals surface area contributed by atoms with E-state index < -0.39 is 0 Å². The Balaban J connectivity index is 1.81. The van der Waals surface area contributed by atoms with Gasteiger partial charge < -0.3 is 15.6 Å². The molecule has 1 aliphatic rings. The van der Waals surface area contributed by atoms with Gasteiger partial charge in [0.05, 0.1) is 0 Å². The lowest BCUT2D eigenvalue weighted by Gasteiger charge is -2.18. The number of carbonyl (C=O) groups is 1. The van der Waals surface area contributed by atoms with Gasteiger partial charge in [0.2, 0.25) is 0 Å². The molecule has 2 amide bonds. The molecular weight excluding hydrogens is 262 g/mol. The van der Waals surface area contributed by atoms with Crippen LogP contribution in [-0.2, 0) is 5.41 Å². The number of aromatic nitrogens is 1. The molecule has 1 heterocycles. The molecular formula is C17H23N3O. The third-order valence-electron chi connectivity index (χ3n) is 4.28. The molecule has 0 unspecified atom stereocenters. The number of hydrogen-bond donors (Lipinski definition) is 3. The Bertz CT molecular complexity index is 668. The molecule has 112 valence electrons. The van der Waals surface area contributed by atoms with Gasteiger partial charge in [-0.2, -0.15) is 0 Å². The monoisotopic (exact) mass is 285 g/mol. The van der Waals surface area contributed by atoms with E-state index in [2.05, 4.69) is 46.8 Å². The molecule has 0 bridgehead atoms. The number of aryl methyl sites for hydroxylation is 1. The predicted molar refractivity (Wildman–Crippen MR) is 85.6 cm³/mol. The minimum absolute atomic E-state index is 0.0752. The van der Waals surface area contributed by atoms with E-state index in [1.54, 1.807) is 0 Å². The average Bonchev–Trinajstić information content (AvgIpc) is 3.11. The minimum atomic E-state index is -0.0752. The van der Waals surface area contributed by atoms with Crippen LogP contribution in [0.2, 0.25) is 0 Å². The molecule has 4 nitrogen and oxygen atoms in total. The number of para-hydroxylation sites is 1. The molecule has 1 aromatic heterocycles.